The molecule has 0 aliphatic carbocycles. The second kappa shape index (κ2) is 10.9. The number of carbonyl (C=O) groups is 1. The van der Waals surface area contributed by atoms with Gasteiger partial charge in [-0.15, -0.1) is 0 Å². The first-order valence-corrected chi connectivity index (χ1v) is 10.7. The topological polar surface area (TPSA) is 92.9 Å². The van der Waals surface area contributed by atoms with Crippen molar-refractivity contribution in [1.82, 2.24) is 10.1 Å². The summed E-state index contributed by atoms with van der Waals surface area (Å²) in [5.74, 6) is -1.55. The van der Waals surface area contributed by atoms with Crippen molar-refractivity contribution < 1.29 is 41.4 Å². The predicted molar refractivity (Wildman–Crippen MR) is 125 cm³/mol. The van der Waals surface area contributed by atoms with Crippen LogP contribution >= 0.6 is 0 Å². The summed E-state index contributed by atoms with van der Waals surface area (Å²) in [6.07, 6.45) is -3.55. The molecule has 2 aromatic heterocycles. The average Bonchev–Trinajstić information content (AvgIpc) is 3.35. The van der Waals surface area contributed by atoms with Gasteiger partial charge in [0.25, 0.3) is 0 Å². The molecule has 0 bridgehead atoms. The third-order valence-electron chi connectivity index (χ3n) is 4.93. The van der Waals surface area contributed by atoms with Crippen LogP contribution in [0.4, 0.5) is 13.2 Å². The van der Waals surface area contributed by atoms with Crippen molar-refractivity contribution in [2.24, 2.45) is 0 Å². The minimum absolute atomic E-state index is 0.0952. The number of pyridine rings is 1. The van der Waals surface area contributed by atoms with Crippen molar-refractivity contribution >= 4 is 11.5 Å². The highest BCUT2D eigenvalue weighted by atomic mass is 19.4. The van der Waals surface area contributed by atoms with E-state index in [1.165, 1.54) is 26.5 Å². The Balaban J connectivity index is 1.68. The Bertz CT molecular complexity index is 1420. The van der Waals surface area contributed by atoms with Crippen LogP contribution in [0, 0.1) is 0 Å². The Morgan fingerprint density at radius 3 is 2.38 bits per heavy atom. The Morgan fingerprint density at radius 1 is 0.946 bits per heavy atom. The molecule has 2 heterocycles. The van der Waals surface area contributed by atoms with Crippen molar-refractivity contribution in [2.45, 2.75) is 6.18 Å². The van der Waals surface area contributed by atoms with Gasteiger partial charge < -0.3 is 23.5 Å². The number of alkyl halides is 3. The van der Waals surface area contributed by atoms with Gasteiger partial charge in [-0.2, -0.15) is 18.2 Å². The highest BCUT2D eigenvalue weighted by Crippen LogP contribution is 2.39. The maximum absolute atomic E-state index is 13.6. The van der Waals surface area contributed by atoms with E-state index >= 15 is 0 Å². The molecule has 0 atom stereocenters. The number of rotatable bonds is 8. The first-order valence-electron chi connectivity index (χ1n) is 10.7. The van der Waals surface area contributed by atoms with Crippen molar-refractivity contribution in [3.8, 4) is 34.7 Å². The number of para-hydroxylation sites is 1. The van der Waals surface area contributed by atoms with Gasteiger partial charge in [0.1, 0.15) is 22.6 Å². The molecule has 0 unspecified atom stereocenters. The van der Waals surface area contributed by atoms with Gasteiger partial charge in [-0.05, 0) is 18.2 Å². The van der Waals surface area contributed by atoms with Crippen LogP contribution in [0.25, 0.3) is 16.8 Å². The number of esters is 1. The lowest BCUT2D eigenvalue weighted by molar-refractivity contribution is -0.139. The van der Waals surface area contributed by atoms with Crippen LogP contribution in [-0.4, -0.2) is 30.3 Å². The van der Waals surface area contributed by atoms with E-state index < -0.39 is 23.6 Å². The van der Waals surface area contributed by atoms with Gasteiger partial charge in [-0.25, -0.2) is 4.79 Å². The zero-order chi connectivity index (χ0) is 26.4. The maximum Gasteiger partial charge on any atom is 0.421 e. The van der Waals surface area contributed by atoms with Gasteiger partial charge in [-0.1, -0.05) is 47.6 Å². The normalized spacial score (nSPS) is 11.6. The molecule has 4 rings (SSSR count). The lowest BCUT2D eigenvalue weighted by atomic mass is 9.98. The summed E-state index contributed by atoms with van der Waals surface area (Å²) >= 11 is 0. The molecule has 0 saturated heterocycles. The van der Waals surface area contributed by atoms with Gasteiger partial charge in [0.05, 0.1) is 26.5 Å². The standard InChI is InChI=1S/C26H19F3N2O6/c1-33-15-19(25(32)34-2)17-10-6-7-11-18(17)21-14-23(37-31-21)36-24-20(26(27,28)29)12-13-22(30-24)35-16-8-4-3-5-9-16/h3-15H,1-2H3/b19-15-. The lowest BCUT2D eigenvalue weighted by Crippen LogP contribution is -2.08. The van der Waals surface area contributed by atoms with Crippen molar-refractivity contribution in [3.63, 3.8) is 0 Å². The van der Waals surface area contributed by atoms with Crippen LogP contribution in [0.3, 0.4) is 0 Å². The second-order valence-electron chi connectivity index (χ2n) is 7.35. The van der Waals surface area contributed by atoms with Gasteiger partial charge in [0.15, 0.2) is 0 Å². The predicted octanol–water partition coefficient (Wildman–Crippen LogP) is 6.50. The third-order valence-corrected chi connectivity index (χ3v) is 4.93. The van der Waals surface area contributed by atoms with Gasteiger partial charge >= 0.3 is 18.1 Å². The molecule has 8 nitrogen and oxygen atoms in total. The Kier molecular flexibility index (Phi) is 7.42. The maximum atomic E-state index is 13.6. The molecule has 2 aromatic carbocycles. The van der Waals surface area contributed by atoms with E-state index in [9.17, 15) is 18.0 Å². The second-order valence-corrected chi connectivity index (χ2v) is 7.35. The van der Waals surface area contributed by atoms with E-state index in [1.807, 2.05) is 0 Å². The van der Waals surface area contributed by atoms with Gasteiger partial charge in [0, 0.05) is 17.2 Å². The number of hydrogen-bond acceptors (Lipinski definition) is 8. The van der Waals surface area contributed by atoms with Gasteiger partial charge in [-0.3, -0.25) is 0 Å². The van der Waals surface area contributed by atoms with Gasteiger partial charge in [0.2, 0.25) is 11.8 Å². The summed E-state index contributed by atoms with van der Waals surface area (Å²) < 4.78 is 66.7. The molecular formula is C26H19F3N2O6. The monoisotopic (exact) mass is 512 g/mol. The minimum Gasteiger partial charge on any atom is -0.503 e. The summed E-state index contributed by atoms with van der Waals surface area (Å²) in [7, 11) is 2.59. The average molecular weight is 512 g/mol. The van der Waals surface area contributed by atoms with Crippen molar-refractivity contribution in [1.29, 1.82) is 0 Å². The SMILES string of the molecule is CO/C=C(\C(=O)OC)c1ccccc1-c1cc(Oc2nc(Oc3ccccc3)ccc2C(F)(F)F)on1. The third kappa shape index (κ3) is 5.89. The molecule has 37 heavy (non-hydrogen) atoms. The van der Waals surface area contributed by atoms with Crippen LogP contribution in [0.15, 0.2) is 83.6 Å². The minimum atomic E-state index is -4.76. The Labute approximate surface area is 208 Å². The number of hydrogen-bond donors (Lipinski definition) is 0. The summed E-state index contributed by atoms with van der Waals surface area (Å²) in [4.78, 5) is 16.1. The number of aromatic nitrogens is 2. The molecule has 0 fully saturated rings. The number of benzene rings is 2. The van der Waals surface area contributed by atoms with E-state index in [-0.39, 0.29) is 23.1 Å². The Morgan fingerprint density at radius 2 is 1.68 bits per heavy atom. The first-order chi connectivity index (χ1) is 17.8. The number of nitrogens with zero attached hydrogens (tertiary/aromatic N) is 2. The fraction of sp³-hybridized carbons (Fsp3) is 0.115. The smallest absolute Gasteiger partial charge is 0.421 e. The highest BCUT2D eigenvalue weighted by molar-refractivity contribution is 6.17. The fourth-order valence-electron chi connectivity index (χ4n) is 3.30. The Hall–Kier alpha value is -4.80. The number of ether oxygens (including phenoxy) is 4. The summed E-state index contributed by atoms with van der Waals surface area (Å²) in [6.45, 7) is 0. The van der Waals surface area contributed by atoms with Crippen molar-refractivity contribution in [2.75, 3.05) is 14.2 Å². The molecule has 190 valence electrons. The van der Waals surface area contributed by atoms with Crippen LogP contribution in [0.1, 0.15) is 11.1 Å². The van der Waals surface area contributed by atoms with E-state index in [4.69, 9.17) is 23.5 Å². The number of halogens is 3. The quantitative estimate of drug-likeness (QED) is 0.150. The van der Waals surface area contributed by atoms with Crippen LogP contribution < -0.4 is 9.47 Å². The van der Waals surface area contributed by atoms with Crippen molar-refractivity contribution in [3.05, 3.63) is 90.2 Å². The number of carbonyl (C=O) groups excluding carboxylic acids is 1. The largest absolute Gasteiger partial charge is 0.503 e. The van der Waals surface area contributed by atoms with Crippen LogP contribution in [0.5, 0.6) is 23.5 Å². The van der Waals surface area contributed by atoms with E-state index in [0.29, 0.717) is 16.9 Å². The number of methoxy groups -OCH3 is 2. The zero-order valence-electron chi connectivity index (χ0n) is 19.5. The molecule has 0 aliphatic rings. The summed E-state index contributed by atoms with van der Waals surface area (Å²) in [6, 6.07) is 18.2. The van der Waals surface area contributed by atoms with E-state index in [0.717, 1.165) is 12.1 Å². The van der Waals surface area contributed by atoms with E-state index in [1.54, 1.807) is 54.6 Å². The highest BCUT2D eigenvalue weighted by Gasteiger charge is 2.36. The first kappa shape index (κ1) is 25.3. The molecule has 0 N–H and O–H groups in total. The molecule has 0 saturated carbocycles. The zero-order valence-corrected chi connectivity index (χ0v) is 19.5. The summed E-state index contributed by atoms with van der Waals surface area (Å²) in [5, 5.41) is 3.89. The fourth-order valence-corrected chi connectivity index (χ4v) is 3.30. The van der Waals surface area contributed by atoms with E-state index in [2.05, 4.69) is 10.1 Å². The molecule has 0 spiro atoms. The molecular weight excluding hydrogens is 493 g/mol. The van der Waals surface area contributed by atoms with Crippen LogP contribution in [0.2, 0.25) is 0 Å². The molecule has 11 heteroatoms. The molecule has 0 amide bonds. The molecule has 0 aliphatic heterocycles. The molecule has 0 radical (unpaired) electrons. The summed E-state index contributed by atoms with van der Waals surface area (Å²) in [5.41, 5.74) is -0.0507. The van der Waals surface area contributed by atoms with Crippen LogP contribution in [-0.2, 0) is 20.4 Å². The lowest BCUT2D eigenvalue weighted by Gasteiger charge is -2.12. The molecule has 4 aromatic rings.